The van der Waals surface area contributed by atoms with Crippen LogP contribution in [0.25, 0.3) is 0 Å². The Morgan fingerprint density at radius 3 is 3.00 bits per heavy atom. The van der Waals surface area contributed by atoms with Gasteiger partial charge in [0.15, 0.2) is 0 Å². The van der Waals surface area contributed by atoms with E-state index in [1.54, 1.807) is 30.6 Å². The molecule has 2 aromatic rings. The van der Waals surface area contributed by atoms with Gasteiger partial charge in [-0.15, -0.1) is 0 Å². The van der Waals surface area contributed by atoms with Crippen molar-refractivity contribution in [2.24, 2.45) is 0 Å². The number of aryl methyl sites for hydroxylation is 1. The molecule has 1 unspecified atom stereocenters. The fraction of sp³-hybridized carbons (Fsp3) is 0.438. The van der Waals surface area contributed by atoms with Gasteiger partial charge in [0.05, 0.1) is 12.1 Å². The van der Waals surface area contributed by atoms with Gasteiger partial charge < -0.3 is 14.6 Å². The summed E-state index contributed by atoms with van der Waals surface area (Å²) in [5, 5.41) is 0. The third-order valence-corrected chi connectivity index (χ3v) is 4.14. The third-order valence-electron chi connectivity index (χ3n) is 4.14. The van der Waals surface area contributed by atoms with Gasteiger partial charge >= 0.3 is 0 Å². The standard InChI is InChI=1S/C16H20N4O2/c1-3-11-4-5-17-13(8-11)16(21)20-10-12(22-2)9-14(20)15-18-6-7-19-15/h4-8,12,14H,3,9-10H2,1-2H3,(H,18,19)/t12-,14?/m1/s1. The second kappa shape index (κ2) is 6.27. The van der Waals surface area contributed by atoms with Crippen LogP contribution in [0.3, 0.4) is 0 Å². The minimum atomic E-state index is -0.0977. The Balaban J connectivity index is 1.88. The van der Waals surface area contributed by atoms with E-state index < -0.39 is 0 Å². The van der Waals surface area contributed by atoms with Gasteiger partial charge in [0.2, 0.25) is 0 Å². The zero-order valence-corrected chi connectivity index (χ0v) is 12.8. The highest BCUT2D eigenvalue weighted by Crippen LogP contribution is 2.32. The number of ether oxygens (including phenoxy) is 1. The molecule has 0 spiro atoms. The van der Waals surface area contributed by atoms with Crippen LogP contribution in [0.15, 0.2) is 30.7 Å². The van der Waals surface area contributed by atoms with Gasteiger partial charge in [-0.25, -0.2) is 4.98 Å². The van der Waals surface area contributed by atoms with Crippen molar-refractivity contribution in [3.8, 4) is 0 Å². The lowest BCUT2D eigenvalue weighted by molar-refractivity contribution is 0.0679. The first-order valence-electron chi connectivity index (χ1n) is 7.51. The highest BCUT2D eigenvalue weighted by Gasteiger charge is 2.38. The second-order valence-electron chi connectivity index (χ2n) is 5.44. The number of carbonyl (C=O) groups is 1. The molecule has 1 aliphatic rings. The summed E-state index contributed by atoms with van der Waals surface area (Å²) in [5.41, 5.74) is 1.59. The molecular weight excluding hydrogens is 280 g/mol. The monoisotopic (exact) mass is 300 g/mol. The summed E-state index contributed by atoms with van der Waals surface area (Å²) in [7, 11) is 1.67. The minimum Gasteiger partial charge on any atom is -0.380 e. The van der Waals surface area contributed by atoms with E-state index in [1.165, 1.54) is 0 Å². The molecule has 0 radical (unpaired) electrons. The highest BCUT2D eigenvalue weighted by molar-refractivity contribution is 5.93. The van der Waals surface area contributed by atoms with Crippen molar-refractivity contribution in [3.63, 3.8) is 0 Å². The van der Waals surface area contributed by atoms with Crippen LogP contribution in [0.2, 0.25) is 0 Å². The molecule has 6 nitrogen and oxygen atoms in total. The number of H-pyrrole nitrogens is 1. The lowest BCUT2D eigenvalue weighted by atomic mass is 10.1. The van der Waals surface area contributed by atoms with E-state index in [4.69, 9.17) is 4.74 Å². The van der Waals surface area contributed by atoms with Crippen molar-refractivity contribution < 1.29 is 9.53 Å². The molecule has 1 aliphatic heterocycles. The first-order chi connectivity index (χ1) is 10.7. The topological polar surface area (TPSA) is 71.1 Å². The number of aromatic nitrogens is 3. The number of nitrogens with zero attached hydrogens (tertiary/aromatic N) is 3. The van der Waals surface area contributed by atoms with Crippen LogP contribution in [0, 0.1) is 0 Å². The number of pyridine rings is 1. The summed E-state index contributed by atoms with van der Waals surface area (Å²) in [6, 6.07) is 3.70. The predicted molar refractivity (Wildman–Crippen MR) is 81.4 cm³/mol. The largest absolute Gasteiger partial charge is 0.380 e. The fourth-order valence-electron chi connectivity index (χ4n) is 2.87. The van der Waals surface area contributed by atoms with E-state index in [2.05, 4.69) is 21.9 Å². The number of hydrogen-bond donors (Lipinski definition) is 1. The molecule has 1 saturated heterocycles. The van der Waals surface area contributed by atoms with E-state index in [0.29, 0.717) is 12.2 Å². The molecule has 0 aliphatic carbocycles. The van der Waals surface area contributed by atoms with Crippen LogP contribution in [0.4, 0.5) is 0 Å². The van der Waals surface area contributed by atoms with Gasteiger partial charge in [-0.05, 0) is 24.1 Å². The molecule has 6 heteroatoms. The number of aromatic amines is 1. The van der Waals surface area contributed by atoms with Gasteiger partial charge in [0.1, 0.15) is 11.5 Å². The maximum atomic E-state index is 12.8. The maximum Gasteiger partial charge on any atom is 0.273 e. The Kier molecular flexibility index (Phi) is 4.20. The van der Waals surface area contributed by atoms with E-state index in [9.17, 15) is 4.79 Å². The second-order valence-corrected chi connectivity index (χ2v) is 5.44. The molecule has 0 aromatic carbocycles. The molecular formula is C16H20N4O2. The van der Waals surface area contributed by atoms with Gasteiger partial charge in [0, 0.05) is 38.7 Å². The van der Waals surface area contributed by atoms with Crippen LogP contribution < -0.4 is 0 Å². The average Bonchev–Trinajstić information content (AvgIpc) is 3.23. The molecule has 1 amide bonds. The first kappa shape index (κ1) is 14.7. The summed E-state index contributed by atoms with van der Waals surface area (Å²) in [6.45, 7) is 2.62. The van der Waals surface area contributed by atoms with Crippen LogP contribution in [0.5, 0.6) is 0 Å². The van der Waals surface area contributed by atoms with Gasteiger partial charge in [-0.3, -0.25) is 9.78 Å². The fourth-order valence-corrected chi connectivity index (χ4v) is 2.87. The Hall–Kier alpha value is -2.21. The maximum absolute atomic E-state index is 12.8. The molecule has 22 heavy (non-hydrogen) atoms. The molecule has 3 rings (SSSR count). The van der Waals surface area contributed by atoms with Crippen molar-refractivity contribution >= 4 is 5.91 Å². The normalized spacial score (nSPS) is 21.3. The number of amides is 1. The molecule has 2 atom stereocenters. The Morgan fingerprint density at radius 1 is 1.45 bits per heavy atom. The number of likely N-dealkylation sites (tertiary alicyclic amines) is 1. The molecule has 1 fully saturated rings. The van der Waals surface area contributed by atoms with E-state index in [0.717, 1.165) is 24.2 Å². The summed E-state index contributed by atoms with van der Waals surface area (Å²) >= 11 is 0. The number of methoxy groups -OCH3 is 1. The number of carbonyl (C=O) groups excluding carboxylic acids is 1. The Labute approximate surface area is 129 Å². The first-order valence-corrected chi connectivity index (χ1v) is 7.51. The summed E-state index contributed by atoms with van der Waals surface area (Å²) in [6.07, 6.45) is 6.81. The van der Waals surface area contributed by atoms with Crippen LogP contribution >= 0.6 is 0 Å². The SMILES string of the molecule is CCc1ccnc(C(=O)N2C[C@H](OC)CC2c2ncc[nH]2)c1. The molecule has 2 aromatic heterocycles. The van der Waals surface area contributed by atoms with E-state index in [-0.39, 0.29) is 18.1 Å². The van der Waals surface area contributed by atoms with Crippen molar-refractivity contribution in [1.82, 2.24) is 19.9 Å². The van der Waals surface area contributed by atoms with Gasteiger partial charge in [0.25, 0.3) is 5.91 Å². The average molecular weight is 300 g/mol. The van der Waals surface area contributed by atoms with Crippen LogP contribution in [-0.4, -0.2) is 45.5 Å². The zero-order chi connectivity index (χ0) is 15.5. The smallest absolute Gasteiger partial charge is 0.273 e. The lowest BCUT2D eigenvalue weighted by Gasteiger charge is -2.22. The number of rotatable bonds is 4. The van der Waals surface area contributed by atoms with E-state index >= 15 is 0 Å². The predicted octanol–water partition coefficient (Wildman–Crippen LogP) is 1.97. The third kappa shape index (κ3) is 2.74. The van der Waals surface area contributed by atoms with Gasteiger partial charge in [-0.2, -0.15) is 0 Å². The van der Waals surface area contributed by atoms with Crippen LogP contribution in [0.1, 0.15) is 41.3 Å². The van der Waals surface area contributed by atoms with Crippen molar-refractivity contribution in [3.05, 3.63) is 47.8 Å². The molecule has 0 bridgehead atoms. The van der Waals surface area contributed by atoms with Crippen molar-refractivity contribution in [2.45, 2.75) is 31.9 Å². The summed E-state index contributed by atoms with van der Waals surface area (Å²) < 4.78 is 5.44. The number of hydrogen-bond acceptors (Lipinski definition) is 4. The van der Waals surface area contributed by atoms with Crippen molar-refractivity contribution in [2.75, 3.05) is 13.7 Å². The molecule has 3 heterocycles. The minimum absolute atomic E-state index is 0.0217. The quantitative estimate of drug-likeness (QED) is 0.937. The highest BCUT2D eigenvalue weighted by atomic mass is 16.5. The molecule has 0 saturated carbocycles. The Morgan fingerprint density at radius 2 is 2.32 bits per heavy atom. The van der Waals surface area contributed by atoms with Crippen molar-refractivity contribution in [1.29, 1.82) is 0 Å². The summed E-state index contributed by atoms with van der Waals surface area (Å²) in [5.74, 6) is 0.718. The molecule has 1 N–H and O–H groups in total. The lowest BCUT2D eigenvalue weighted by Crippen LogP contribution is -2.33. The van der Waals surface area contributed by atoms with E-state index in [1.807, 2.05) is 12.1 Å². The Bertz CT molecular complexity index is 641. The number of imidazole rings is 1. The summed E-state index contributed by atoms with van der Waals surface area (Å²) in [4.78, 5) is 26.3. The van der Waals surface area contributed by atoms with Gasteiger partial charge in [-0.1, -0.05) is 6.92 Å². The number of nitrogens with one attached hydrogen (secondary N) is 1. The van der Waals surface area contributed by atoms with Crippen LogP contribution in [-0.2, 0) is 11.2 Å². The zero-order valence-electron chi connectivity index (χ0n) is 12.8. The molecule has 116 valence electrons.